The Balaban J connectivity index is 2.24. The van der Waals surface area contributed by atoms with E-state index in [9.17, 15) is 14.4 Å². The molecule has 0 saturated heterocycles. The van der Waals surface area contributed by atoms with Crippen molar-refractivity contribution < 1.29 is 23.9 Å². The summed E-state index contributed by atoms with van der Waals surface area (Å²) in [7, 11) is 0. The number of benzene rings is 2. The van der Waals surface area contributed by atoms with E-state index >= 15 is 0 Å². The molecule has 8 heteroatoms. The van der Waals surface area contributed by atoms with Crippen LogP contribution in [0.15, 0.2) is 54.6 Å². The molecule has 0 aliphatic heterocycles. The van der Waals surface area contributed by atoms with E-state index in [1.807, 2.05) is 6.07 Å². The van der Waals surface area contributed by atoms with E-state index in [-0.39, 0.29) is 17.1 Å². The number of carbonyl (C=O) groups excluding carboxylic acids is 3. The Morgan fingerprint density at radius 3 is 1.66 bits per heavy atom. The molecule has 0 aromatic heterocycles. The minimum atomic E-state index is -0.894. The average Bonchev–Trinajstić information content (AvgIpc) is 2.66. The minimum Gasteiger partial charge on any atom is -0.443 e. The molecule has 0 radical (unpaired) electrons. The van der Waals surface area contributed by atoms with Crippen LogP contribution in [-0.2, 0) is 9.47 Å². The number of ether oxygens (including phenoxy) is 2. The summed E-state index contributed by atoms with van der Waals surface area (Å²) in [6.45, 7) is 10.1. The second-order valence-corrected chi connectivity index (χ2v) is 9.04. The van der Waals surface area contributed by atoms with Gasteiger partial charge in [-0.15, -0.1) is 0 Å². The van der Waals surface area contributed by atoms with E-state index in [0.717, 1.165) is 4.90 Å². The monoisotopic (exact) mass is 439 g/mol. The first-order valence-electron chi connectivity index (χ1n) is 10.1. The average molecular weight is 440 g/mol. The number of anilines is 1. The van der Waals surface area contributed by atoms with Crippen LogP contribution in [0.1, 0.15) is 57.5 Å². The Bertz CT molecular complexity index is 959. The van der Waals surface area contributed by atoms with E-state index in [2.05, 4.69) is 5.32 Å². The first-order chi connectivity index (χ1) is 14.8. The lowest BCUT2D eigenvalue weighted by atomic mass is 10.1. The van der Waals surface area contributed by atoms with Crippen molar-refractivity contribution in [3.8, 4) is 0 Å². The summed E-state index contributed by atoms with van der Waals surface area (Å²) < 4.78 is 10.7. The Hall–Kier alpha value is -3.68. The summed E-state index contributed by atoms with van der Waals surface area (Å²) in [6.07, 6.45) is -1.79. The smallest absolute Gasteiger partial charge is 0.424 e. The molecule has 8 nitrogen and oxygen atoms in total. The Labute approximate surface area is 188 Å². The van der Waals surface area contributed by atoms with E-state index in [4.69, 9.17) is 14.9 Å². The van der Waals surface area contributed by atoms with Crippen molar-refractivity contribution in [2.45, 2.75) is 52.7 Å². The maximum absolute atomic E-state index is 12.7. The molecule has 3 amide bonds. The predicted octanol–water partition coefficient (Wildman–Crippen LogP) is 5.12. The quantitative estimate of drug-likeness (QED) is 0.510. The van der Waals surface area contributed by atoms with Gasteiger partial charge in [0.15, 0.2) is 0 Å². The predicted molar refractivity (Wildman–Crippen MR) is 122 cm³/mol. The molecule has 0 fully saturated rings. The fourth-order valence-electron chi connectivity index (χ4n) is 2.53. The lowest BCUT2D eigenvalue weighted by Gasteiger charge is -2.28. The highest BCUT2D eigenvalue weighted by Gasteiger charge is 2.32. The number of amides is 3. The molecule has 0 spiro atoms. The molecule has 0 unspecified atom stereocenters. The zero-order valence-corrected chi connectivity index (χ0v) is 19.2. The van der Waals surface area contributed by atoms with Crippen molar-refractivity contribution in [3.05, 3.63) is 65.7 Å². The molecule has 2 aromatic carbocycles. The molecule has 2 aromatic rings. The summed E-state index contributed by atoms with van der Waals surface area (Å²) in [5, 5.41) is 10.6. The summed E-state index contributed by atoms with van der Waals surface area (Å²) in [4.78, 5) is 38.7. The third-order valence-corrected chi connectivity index (χ3v) is 3.84. The number of rotatable bonds is 3. The van der Waals surface area contributed by atoms with Crippen LogP contribution in [0.25, 0.3) is 0 Å². The van der Waals surface area contributed by atoms with Gasteiger partial charge in [-0.2, -0.15) is 4.90 Å². The number of amidine groups is 1. The van der Waals surface area contributed by atoms with Crippen LogP contribution in [0, 0.1) is 5.41 Å². The molecular formula is C24H29N3O5. The summed E-state index contributed by atoms with van der Waals surface area (Å²) in [6, 6.07) is 14.6. The minimum absolute atomic E-state index is 0.0381. The molecule has 0 atom stereocenters. The molecule has 0 heterocycles. The van der Waals surface area contributed by atoms with E-state index < -0.39 is 29.3 Å². The fourth-order valence-corrected chi connectivity index (χ4v) is 2.53. The first kappa shape index (κ1) is 24.6. The summed E-state index contributed by atoms with van der Waals surface area (Å²) in [5.41, 5.74) is -0.645. The van der Waals surface area contributed by atoms with E-state index in [1.54, 1.807) is 65.8 Å². The van der Waals surface area contributed by atoms with Gasteiger partial charge in [-0.05, 0) is 65.8 Å². The van der Waals surface area contributed by atoms with Gasteiger partial charge in [0.2, 0.25) is 0 Å². The van der Waals surface area contributed by atoms with Gasteiger partial charge in [0.25, 0.3) is 5.91 Å². The highest BCUT2D eigenvalue weighted by Crippen LogP contribution is 2.22. The van der Waals surface area contributed by atoms with Gasteiger partial charge in [-0.1, -0.05) is 30.3 Å². The van der Waals surface area contributed by atoms with Crippen LogP contribution >= 0.6 is 0 Å². The zero-order chi connectivity index (χ0) is 24.1. The van der Waals surface area contributed by atoms with Gasteiger partial charge in [-0.3, -0.25) is 10.2 Å². The lowest BCUT2D eigenvalue weighted by molar-refractivity contribution is 0.0430. The van der Waals surface area contributed by atoms with Crippen molar-refractivity contribution in [2.75, 3.05) is 4.90 Å². The second-order valence-electron chi connectivity index (χ2n) is 9.04. The zero-order valence-electron chi connectivity index (χ0n) is 19.2. The Morgan fingerprint density at radius 1 is 0.750 bits per heavy atom. The van der Waals surface area contributed by atoms with Crippen LogP contribution in [0.5, 0.6) is 0 Å². The third kappa shape index (κ3) is 7.23. The van der Waals surface area contributed by atoms with Crippen molar-refractivity contribution >= 4 is 29.6 Å². The van der Waals surface area contributed by atoms with Gasteiger partial charge in [-0.25, -0.2) is 9.59 Å². The maximum Gasteiger partial charge on any atom is 0.424 e. The van der Waals surface area contributed by atoms with Crippen molar-refractivity contribution in [2.24, 2.45) is 0 Å². The third-order valence-electron chi connectivity index (χ3n) is 3.84. The largest absolute Gasteiger partial charge is 0.443 e. The summed E-state index contributed by atoms with van der Waals surface area (Å²) >= 11 is 0. The lowest BCUT2D eigenvalue weighted by Crippen LogP contribution is -2.43. The second kappa shape index (κ2) is 9.64. The summed E-state index contributed by atoms with van der Waals surface area (Å²) in [5.74, 6) is -0.532. The number of imide groups is 1. The van der Waals surface area contributed by atoms with Gasteiger partial charge in [0, 0.05) is 11.1 Å². The number of nitrogens with one attached hydrogen (secondary N) is 2. The number of hydrogen-bond acceptors (Lipinski definition) is 6. The normalized spacial score (nSPS) is 11.3. The fraction of sp³-hybridized carbons (Fsp3) is 0.333. The molecule has 0 aliphatic rings. The molecule has 32 heavy (non-hydrogen) atoms. The van der Waals surface area contributed by atoms with Crippen LogP contribution in [0.3, 0.4) is 0 Å². The molecule has 2 N–H and O–H groups in total. The van der Waals surface area contributed by atoms with Crippen LogP contribution in [0.4, 0.5) is 15.3 Å². The van der Waals surface area contributed by atoms with Gasteiger partial charge < -0.3 is 14.8 Å². The highest BCUT2D eigenvalue weighted by molar-refractivity contribution is 6.12. The molecule has 170 valence electrons. The topological polar surface area (TPSA) is 109 Å². The molecule has 2 rings (SSSR count). The maximum atomic E-state index is 12.7. The van der Waals surface area contributed by atoms with Crippen LogP contribution in [-0.4, -0.2) is 35.1 Å². The standard InChI is InChI=1S/C24H29N3O5/c1-23(2,3)31-21(29)27(22(30)32-24(4,5)6)18-14-12-17(13-15-18)20(28)26-19(25)16-10-8-7-9-11-16/h7-15H,1-6H3,(H2,25,26,28). The van der Waals surface area contributed by atoms with Gasteiger partial charge in [0.05, 0.1) is 5.69 Å². The van der Waals surface area contributed by atoms with Crippen molar-refractivity contribution in [3.63, 3.8) is 0 Å². The van der Waals surface area contributed by atoms with Crippen molar-refractivity contribution in [1.82, 2.24) is 5.32 Å². The number of carbonyl (C=O) groups is 3. The Kier molecular flexibility index (Phi) is 7.40. The van der Waals surface area contributed by atoms with Crippen LogP contribution < -0.4 is 10.2 Å². The van der Waals surface area contributed by atoms with Gasteiger partial charge >= 0.3 is 12.2 Å². The van der Waals surface area contributed by atoms with E-state index in [1.165, 1.54) is 24.3 Å². The highest BCUT2D eigenvalue weighted by atomic mass is 16.6. The number of hydrogen-bond donors (Lipinski definition) is 2. The SMILES string of the molecule is CC(C)(C)OC(=O)N(C(=O)OC(C)(C)C)c1ccc(C(=O)NC(=N)c2ccccc2)cc1. The van der Waals surface area contributed by atoms with Crippen LogP contribution in [0.2, 0.25) is 0 Å². The molecule has 0 saturated carbocycles. The molecule has 0 aliphatic carbocycles. The van der Waals surface area contributed by atoms with E-state index in [0.29, 0.717) is 5.56 Å². The molecule has 0 bridgehead atoms. The first-order valence-corrected chi connectivity index (χ1v) is 10.1. The molecular weight excluding hydrogens is 410 g/mol. The number of nitrogens with zero attached hydrogens (tertiary/aromatic N) is 1. The van der Waals surface area contributed by atoms with Crippen molar-refractivity contribution in [1.29, 1.82) is 5.41 Å². The Morgan fingerprint density at radius 2 is 1.22 bits per heavy atom. The van der Waals surface area contributed by atoms with Gasteiger partial charge in [0.1, 0.15) is 17.0 Å².